The minimum Gasteiger partial charge on any atom is -0.496 e. The number of carbonyl (C=O) groups excluding carboxylic acids is 2. The van der Waals surface area contributed by atoms with Crippen LogP contribution in [0.2, 0.25) is 0 Å². The standard InChI is InChI=1S/C23H24N2O3/c1-4-11-24(2)12-13-25-22(26)17-9-10-19(28-3)18-14-15-7-5-6-8-16(15)21(20(17)18)23(25)27/h5-10,14H,4,11-13H2,1-3H3. The normalized spacial score (nSPS) is 13.8. The summed E-state index contributed by atoms with van der Waals surface area (Å²) >= 11 is 0. The Hall–Kier alpha value is -2.92. The van der Waals surface area contributed by atoms with Crippen molar-refractivity contribution in [3.8, 4) is 5.75 Å². The highest BCUT2D eigenvalue weighted by Gasteiger charge is 2.34. The first-order chi connectivity index (χ1) is 13.6. The Balaban J connectivity index is 1.91. The molecule has 0 N–H and O–H groups in total. The molecule has 0 atom stereocenters. The molecule has 144 valence electrons. The molecular formula is C23H24N2O3. The van der Waals surface area contributed by atoms with Crippen LogP contribution in [0.5, 0.6) is 5.75 Å². The average molecular weight is 376 g/mol. The number of hydrogen-bond acceptors (Lipinski definition) is 4. The molecule has 0 saturated heterocycles. The number of hydrogen-bond donors (Lipinski definition) is 0. The Bertz CT molecular complexity index is 1090. The Morgan fingerprint density at radius 2 is 1.79 bits per heavy atom. The van der Waals surface area contributed by atoms with Crippen LogP contribution in [0, 0.1) is 0 Å². The van der Waals surface area contributed by atoms with E-state index in [1.807, 2.05) is 43.4 Å². The third kappa shape index (κ3) is 2.83. The number of benzene rings is 3. The maximum absolute atomic E-state index is 13.4. The van der Waals surface area contributed by atoms with Crippen molar-refractivity contribution >= 4 is 33.4 Å². The number of ether oxygens (including phenoxy) is 1. The second-order valence-corrected chi connectivity index (χ2v) is 7.28. The van der Waals surface area contributed by atoms with E-state index in [0.29, 0.717) is 35.4 Å². The second kappa shape index (κ2) is 7.24. The largest absolute Gasteiger partial charge is 0.496 e. The SMILES string of the molecule is CCCN(C)CCN1C(=O)c2ccc(OC)c3cc4ccccc4c(c23)C1=O. The smallest absolute Gasteiger partial charge is 0.262 e. The van der Waals surface area contributed by atoms with E-state index in [9.17, 15) is 9.59 Å². The van der Waals surface area contributed by atoms with Crippen molar-refractivity contribution in [1.82, 2.24) is 9.80 Å². The molecule has 3 aromatic rings. The van der Waals surface area contributed by atoms with Crippen molar-refractivity contribution in [2.45, 2.75) is 13.3 Å². The Labute approximate surface area is 164 Å². The summed E-state index contributed by atoms with van der Waals surface area (Å²) in [6.45, 7) is 4.09. The zero-order chi connectivity index (χ0) is 19.8. The van der Waals surface area contributed by atoms with E-state index in [0.717, 1.165) is 29.1 Å². The number of methoxy groups -OCH3 is 1. The van der Waals surface area contributed by atoms with Gasteiger partial charge in [-0.1, -0.05) is 31.2 Å². The third-order valence-corrected chi connectivity index (χ3v) is 5.45. The molecule has 2 amide bonds. The number of imide groups is 1. The second-order valence-electron chi connectivity index (χ2n) is 7.28. The van der Waals surface area contributed by atoms with Crippen LogP contribution in [0.1, 0.15) is 34.1 Å². The summed E-state index contributed by atoms with van der Waals surface area (Å²) in [5.74, 6) is 0.213. The van der Waals surface area contributed by atoms with Crippen molar-refractivity contribution in [3.05, 3.63) is 53.6 Å². The predicted molar refractivity (Wildman–Crippen MR) is 111 cm³/mol. The van der Waals surface area contributed by atoms with E-state index in [-0.39, 0.29) is 11.8 Å². The molecular weight excluding hydrogens is 352 g/mol. The summed E-state index contributed by atoms with van der Waals surface area (Å²) in [6.07, 6.45) is 1.03. The molecule has 1 aliphatic rings. The minimum absolute atomic E-state index is 0.225. The molecule has 5 nitrogen and oxygen atoms in total. The number of nitrogens with zero attached hydrogens (tertiary/aromatic N) is 2. The van der Waals surface area contributed by atoms with E-state index in [2.05, 4.69) is 11.8 Å². The molecule has 0 aromatic heterocycles. The molecule has 0 bridgehead atoms. The number of rotatable bonds is 6. The minimum atomic E-state index is -0.231. The number of amides is 2. The maximum Gasteiger partial charge on any atom is 0.262 e. The van der Waals surface area contributed by atoms with Gasteiger partial charge >= 0.3 is 0 Å². The Morgan fingerprint density at radius 3 is 2.54 bits per heavy atom. The van der Waals surface area contributed by atoms with Crippen LogP contribution in [0.25, 0.3) is 21.5 Å². The third-order valence-electron chi connectivity index (χ3n) is 5.45. The van der Waals surface area contributed by atoms with Crippen LogP contribution in [0.15, 0.2) is 42.5 Å². The molecule has 1 aliphatic heterocycles. The van der Waals surface area contributed by atoms with Gasteiger partial charge in [-0.2, -0.15) is 0 Å². The first-order valence-corrected chi connectivity index (χ1v) is 9.64. The molecule has 0 fully saturated rings. The lowest BCUT2D eigenvalue weighted by Gasteiger charge is -2.30. The fraction of sp³-hybridized carbons (Fsp3) is 0.304. The topological polar surface area (TPSA) is 49.9 Å². The van der Waals surface area contributed by atoms with Gasteiger partial charge in [0, 0.05) is 29.4 Å². The zero-order valence-corrected chi connectivity index (χ0v) is 16.5. The van der Waals surface area contributed by atoms with Crippen molar-refractivity contribution in [2.75, 3.05) is 33.8 Å². The van der Waals surface area contributed by atoms with E-state index in [4.69, 9.17) is 4.74 Å². The quantitative estimate of drug-likeness (QED) is 0.483. The summed E-state index contributed by atoms with van der Waals surface area (Å²) in [5, 5.41) is 3.34. The zero-order valence-electron chi connectivity index (χ0n) is 16.5. The van der Waals surface area contributed by atoms with Gasteiger partial charge in [0.15, 0.2) is 0 Å². The van der Waals surface area contributed by atoms with E-state index < -0.39 is 0 Å². The summed E-state index contributed by atoms with van der Waals surface area (Å²) in [7, 11) is 3.62. The summed E-state index contributed by atoms with van der Waals surface area (Å²) < 4.78 is 5.52. The van der Waals surface area contributed by atoms with Crippen LogP contribution in [0.4, 0.5) is 0 Å². The molecule has 0 unspecified atom stereocenters. The van der Waals surface area contributed by atoms with Gasteiger partial charge < -0.3 is 9.64 Å². The Kier molecular flexibility index (Phi) is 4.77. The lowest BCUT2D eigenvalue weighted by atomic mass is 9.89. The van der Waals surface area contributed by atoms with Crippen LogP contribution < -0.4 is 4.74 Å². The number of likely N-dealkylation sites (N-methyl/N-ethyl adjacent to an activating group) is 1. The van der Waals surface area contributed by atoms with Crippen LogP contribution in [0.3, 0.4) is 0 Å². The van der Waals surface area contributed by atoms with E-state index in [1.165, 1.54) is 4.90 Å². The summed E-state index contributed by atoms with van der Waals surface area (Å²) in [4.78, 5) is 30.1. The highest BCUT2D eigenvalue weighted by atomic mass is 16.5. The van der Waals surface area contributed by atoms with Gasteiger partial charge in [-0.3, -0.25) is 14.5 Å². The van der Waals surface area contributed by atoms with Crippen molar-refractivity contribution in [3.63, 3.8) is 0 Å². The monoisotopic (exact) mass is 376 g/mol. The first-order valence-electron chi connectivity index (χ1n) is 9.64. The highest BCUT2D eigenvalue weighted by molar-refractivity contribution is 6.31. The predicted octanol–water partition coefficient (Wildman–Crippen LogP) is 3.94. The average Bonchev–Trinajstić information content (AvgIpc) is 2.70. The highest BCUT2D eigenvalue weighted by Crippen LogP contribution is 2.39. The lowest BCUT2D eigenvalue weighted by molar-refractivity contribution is 0.0599. The van der Waals surface area contributed by atoms with Gasteiger partial charge in [0.2, 0.25) is 0 Å². The first kappa shape index (κ1) is 18.4. The summed E-state index contributed by atoms with van der Waals surface area (Å²) in [6, 6.07) is 13.4. The van der Waals surface area contributed by atoms with Gasteiger partial charge in [0.25, 0.3) is 11.8 Å². The van der Waals surface area contributed by atoms with E-state index >= 15 is 0 Å². The van der Waals surface area contributed by atoms with Gasteiger partial charge in [0.1, 0.15) is 5.75 Å². The van der Waals surface area contributed by atoms with Gasteiger partial charge in [-0.05, 0) is 49.0 Å². The molecule has 4 rings (SSSR count). The van der Waals surface area contributed by atoms with E-state index in [1.54, 1.807) is 13.2 Å². The molecule has 1 heterocycles. The molecule has 0 spiro atoms. The molecule has 0 saturated carbocycles. The molecule has 3 aromatic carbocycles. The van der Waals surface area contributed by atoms with Gasteiger partial charge in [-0.25, -0.2) is 0 Å². The number of fused-ring (bicyclic) bond motifs is 2. The van der Waals surface area contributed by atoms with Crippen LogP contribution in [-0.2, 0) is 0 Å². The number of carbonyl (C=O) groups is 2. The maximum atomic E-state index is 13.4. The van der Waals surface area contributed by atoms with Crippen LogP contribution >= 0.6 is 0 Å². The summed E-state index contributed by atoms with van der Waals surface area (Å²) in [5.41, 5.74) is 1.16. The van der Waals surface area contributed by atoms with Gasteiger partial charge in [0.05, 0.1) is 12.7 Å². The fourth-order valence-corrected chi connectivity index (χ4v) is 4.07. The molecule has 5 heteroatoms. The molecule has 28 heavy (non-hydrogen) atoms. The fourth-order valence-electron chi connectivity index (χ4n) is 4.07. The molecule has 0 aliphatic carbocycles. The van der Waals surface area contributed by atoms with Crippen LogP contribution in [-0.4, -0.2) is 55.4 Å². The lowest BCUT2D eigenvalue weighted by Crippen LogP contribution is -2.44. The molecule has 0 radical (unpaired) electrons. The van der Waals surface area contributed by atoms with Crippen molar-refractivity contribution < 1.29 is 14.3 Å². The van der Waals surface area contributed by atoms with Crippen molar-refractivity contribution in [1.29, 1.82) is 0 Å². The van der Waals surface area contributed by atoms with Crippen molar-refractivity contribution in [2.24, 2.45) is 0 Å². The Morgan fingerprint density at radius 1 is 1.00 bits per heavy atom. The van der Waals surface area contributed by atoms with Gasteiger partial charge in [-0.15, -0.1) is 0 Å².